The molecule has 2 aromatic rings. The van der Waals surface area contributed by atoms with Gasteiger partial charge in [-0.2, -0.15) is 0 Å². The van der Waals surface area contributed by atoms with Crippen molar-refractivity contribution in [1.82, 2.24) is 9.80 Å². The second-order valence-corrected chi connectivity index (χ2v) is 7.46. The van der Waals surface area contributed by atoms with Gasteiger partial charge in [0.2, 0.25) is 0 Å². The Labute approximate surface area is 177 Å². The first kappa shape index (κ1) is 22.5. The largest absolute Gasteiger partial charge is 0.497 e. The normalized spacial score (nSPS) is 15.9. The summed E-state index contributed by atoms with van der Waals surface area (Å²) in [4.78, 5) is 4.55. The Morgan fingerprint density at radius 3 is 2.40 bits per heavy atom. The lowest BCUT2D eigenvalue weighted by atomic mass is 10.2. The maximum absolute atomic E-state index is 13.2. The van der Waals surface area contributed by atoms with Crippen LogP contribution in [-0.4, -0.2) is 80.7 Å². The fourth-order valence-electron chi connectivity index (χ4n) is 3.41. The van der Waals surface area contributed by atoms with Crippen LogP contribution >= 0.6 is 0 Å². The molecule has 0 aliphatic carbocycles. The van der Waals surface area contributed by atoms with E-state index in [0.717, 1.165) is 50.7 Å². The fraction of sp³-hybridized carbons (Fsp3) is 0.478. The van der Waals surface area contributed by atoms with Crippen LogP contribution in [0.15, 0.2) is 48.5 Å². The van der Waals surface area contributed by atoms with Crippen LogP contribution in [0.3, 0.4) is 0 Å². The zero-order valence-corrected chi connectivity index (χ0v) is 17.5. The van der Waals surface area contributed by atoms with Crippen LogP contribution in [-0.2, 0) is 11.3 Å². The van der Waals surface area contributed by atoms with E-state index in [1.165, 1.54) is 12.1 Å². The van der Waals surface area contributed by atoms with Crippen molar-refractivity contribution in [3.05, 3.63) is 59.9 Å². The summed E-state index contributed by atoms with van der Waals surface area (Å²) in [7, 11) is 1.62. The number of benzene rings is 2. The Hall–Kier alpha value is -2.19. The van der Waals surface area contributed by atoms with Gasteiger partial charge in [-0.1, -0.05) is 12.1 Å². The van der Waals surface area contributed by atoms with E-state index in [1.54, 1.807) is 19.2 Å². The van der Waals surface area contributed by atoms with Gasteiger partial charge in [0.25, 0.3) is 0 Å². The molecule has 164 valence electrons. The van der Waals surface area contributed by atoms with Gasteiger partial charge >= 0.3 is 0 Å². The monoisotopic (exact) mass is 418 g/mol. The number of aliphatic hydroxyl groups excluding tert-OH is 1. The minimum Gasteiger partial charge on any atom is -0.497 e. The number of morpholine rings is 1. The van der Waals surface area contributed by atoms with Crippen LogP contribution in [0.25, 0.3) is 0 Å². The number of nitrogens with zero attached hydrogens (tertiary/aromatic N) is 2. The molecule has 0 unspecified atom stereocenters. The molecule has 0 amide bonds. The molecule has 1 heterocycles. The van der Waals surface area contributed by atoms with Gasteiger partial charge in [0.1, 0.15) is 30.0 Å². The minimum absolute atomic E-state index is 0.198. The van der Waals surface area contributed by atoms with Crippen molar-refractivity contribution in [3.8, 4) is 11.5 Å². The lowest BCUT2D eigenvalue weighted by Gasteiger charge is -2.31. The van der Waals surface area contributed by atoms with Crippen molar-refractivity contribution in [2.45, 2.75) is 12.6 Å². The summed E-state index contributed by atoms with van der Waals surface area (Å²) >= 11 is 0. The predicted molar refractivity (Wildman–Crippen MR) is 113 cm³/mol. The lowest BCUT2D eigenvalue weighted by molar-refractivity contribution is 0.0256. The van der Waals surface area contributed by atoms with E-state index in [1.807, 2.05) is 24.3 Å². The quantitative estimate of drug-likeness (QED) is 0.605. The lowest BCUT2D eigenvalue weighted by Crippen LogP contribution is -2.43. The highest BCUT2D eigenvalue weighted by atomic mass is 19.1. The highest BCUT2D eigenvalue weighted by Gasteiger charge is 2.16. The molecule has 6 nitrogen and oxygen atoms in total. The topological polar surface area (TPSA) is 54.4 Å². The van der Waals surface area contributed by atoms with Crippen LogP contribution < -0.4 is 9.47 Å². The summed E-state index contributed by atoms with van der Waals surface area (Å²) in [5.41, 5.74) is 1.02. The molecule has 0 bridgehead atoms. The molecular weight excluding hydrogens is 387 g/mol. The fourth-order valence-corrected chi connectivity index (χ4v) is 3.41. The van der Waals surface area contributed by atoms with Gasteiger partial charge in [0.15, 0.2) is 0 Å². The van der Waals surface area contributed by atoms with Crippen LogP contribution in [0.2, 0.25) is 0 Å². The smallest absolute Gasteiger partial charge is 0.123 e. The Bertz CT molecular complexity index is 736. The van der Waals surface area contributed by atoms with E-state index in [9.17, 15) is 9.50 Å². The first-order valence-corrected chi connectivity index (χ1v) is 10.3. The molecule has 3 rings (SSSR count). The predicted octanol–water partition coefficient (Wildman–Crippen LogP) is 2.41. The number of rotatable bonds is 11. The number of hydrogen-bond donors (Lipinski definition) is 1. The van der Waals surface area contributed by atoms with Crippen LogP contribution in [0.1, 0.15) is 5.56 Å². The van der Waals surface area contributed by atoms with E-state index in [4.69, 9.17) is 14.2 Å². The molecule has 1 saturated heterocycles. The van der Waals surface area contributed by atoms with Gasteiger partial charge in [0, 0.05) is 39.3 Å². The van der Waals surface area contributed by atoms with Crippen LogP contribution in [0.4, 0.5) is 4.39 Å². The number of ether oxygens (including phenoxy) is 3. The molecule has 1 N–H and O–H groups in total. The molecule has 1 atom stereocenters. The second-order valence-electron chi connectivity index (χ2n) is 7.46. The zero-order valence-electron chi connectivity index (χ0n) is 17.5. The summed E-state index contributed by atoms with van der Waals surface area (Å²) < 4.78 is 29.5. The molecule has 7 heteroatoms. The summed E-state index contributed by atoms with van der Waals surface area (Å²) in [5.74, 6) is 1.20. The van der Waals surface area contributed by atoms with E-state index in [0.29, 0.717) is 18.8 Å². The van der Waals surface area contributed by atoms with Crippen molar-refractivity contribution >= 4 is 0 Å². The number of hydrogen-bond acceptors (Lipinski definition) is 6. The Kier molecular flexibility index (Phi) is 8.89. The van der Waals surface area contributed by atoms with E-state index >= 15 is 0 Å². The molecule has 2 aromatic carbocycles. The molecule has 0 saturated carbocycles. The van der Waals surface area contributed by atoms with Gasteiger partial charge in [-0.3, -0.25) is 9.80 Å². The van der Waals surface area contributed by atoms with Gasteiger partial charge in [0.05, 0.1) is 20.3 Å². The van der Waals surface area contributed by atoms with Gasteiger partial charge in [-0.15, -0.1) is 0 Å². The molecule has 0 aromatic heterocycles. The minimum atomic E-state index is -0.641. The zero-order chi connectivity index (χ0) is 21.2. The number of aliphatic hydroxyl groups is 1. The average Bonchev–Trinajstić information content (AvgIpc) is 2.78. The molecule has 1 aliphatic heterocycles. The molecule has 1 fully saturated rings. The van der Waals surface area contributed by atoms with Crippen molar-refractivity contribution in [1.29, 1.82) is 0 Å². The summed E-state index contributed by atoms with van der Waals surface area (Å²) in [6.45, 7) is 6.38. The molecular formula is C23H31FN2O4. The highest BCUT2D eigenvalue weighted by molar-refractivity contribution is 5.31. The van der Waals surface area contributed by atoms with Gasteiger partial charge < -0.3 is 19.3 Å². The third-order valence-electron chi connectivity index (χ3n) is 5.13. The van der Waals surface area contributed by atoms with E-state index in [2.05, 4.69) is 9.80 Å². The first-order chi connectivity index (χ1) is 14.6. The molecule has 30 heavy (non-hydrogen) atoms. The summed E-state index contributed by atoms with van der Waals surface area (Å²) in [5, 5.41) is 10.6. The maximum Gasteiger partial charge on any atom is 0.123 e. The van der Waals surface area contributed by atoms with Gasteiger partial charge in [-0.25, -0.2) is 4.39 Å². The Balaban J connectivity index is 1.52. The van der Waals surface area contributed by atoms with E-state index < -0.39 is 6.10 Å². The standard InChI is InChI=1S/C23H31FN2O4/c1-28-22-6-8-23(9-7-22)30-18-21(27)17-26(11-10-25-12-14-29-15-13-25)16-19-2-4-20(24)5-3-19/h2-9,21,27H,10-18H2,1H3/t21-/m0/s1. The average molecular weight is 419 g/mol. The summed E-state index contributed by atoms with van der Waals surface area (Å²) in [6.07, 6.45) is -0.641. The maximum atomic E-state index is 13.2. The van der Waals surface area contributed by atoms with Crippen LogP contribution in [0, 0.1) is 5.82 Å². The number of methoxy groups -OCH3 is 1. The molecule has 1 aliphatic rings. The second kappa shape index (κ2) is 11.9. The highest BCUT2D eigenvalue weighted by Crippen LogP contribution is 2.17. The third-order valence-corrected chi connectivity index (χ3v) is 5.13. The van der Waals surface area contributed by atoms with Crippen molar-refractivity contribution in [3.63, 3.8) is 0 Å². The SMILES string of the molecule is COc1ccc(OC[C@@H](O)CN(CCN2CCOCC2)Cc2ccc(F)cc2)cc1. The van der Waals surface area contributed by atoms with Crippen molar-refractivity contribution in [2.75, 3.05) is 59.7 Å². The van der Waals surface area contributed by atoms with Crippen molar-refractivity contribution < 1.29 is 23.7 Å². The third kappa shape index (κ3) is 7.57. The van der Waals surface area contributed by atoms with Crippen LogP contribution in [0.5, 0.6) is 11.5 Å². The molecule has 0 radical (unpaired) electrons. The Morgan fingerprint density at radius 2 is 1.73 bits per heavy atom. The van der Waals surface area contributed by atoms with Gasteiger partial charge in [-0.05, 0) is 42.0 Å². The molecule has 0 spiro atoms. The summed E-state index contributed by atoms with van der Waals surface area (Å²) in [6, 6.07) is 13.8. The first-order valence-electron chi connectivity index (χ1n) is 10.3. The van der Waals surface area contributed by atoms with E-state index in [-0.39, 0.29) is 12.4 Å². The Morgan fingerprint density at radius 1 is 1.07 bits per heavy atom. The number of halogens is 1. The van der Waals surface area contributed by atoms with Crippen molar-refractivity contribution in [2.24, 2.45) is 0 Å².